The van der Waals surface area contributed by atoms with Gasteiger partial charge in [-0.05, 0) is 50.2 Å². The summed E-state index contributed by atoms with van der Waals surface area (Å²) in [5, 5.41) is 8.68. The molecule has 0 aliphatic carbocycles. The predicted molar refractivity (Wildman–Crippen MR) is 130 cm³/mol. The Balaban J connectivity index is 1.55. The predicted octanol–water partition coefficient (Wildman–Crippen LogP) is 3.58. The zero-order valence-electron chi connectivity index (χ0n) is 19.2. The Morgan fingerprint density at radius 2 is 1.76 bits per heavy atom. The van der Waals surface area contributed by atoms with E-state index in [-0.39, 0.29) is 10.6 Å². The summed E-state index contributed by atoms with van der Waals surface area (Å²) >= 11 is 0. The first-order valence-electron chi connectivity index (χ1n) is 11.2. The van der Waals surface area contributed by atoms with E-state index in [1.807, 2.05) is 25.1 Å². The molecule has 0 unspecified atom stereocenters. The van der Waals surface area contributed by atoms with E-state index in [4.69, 9.17) is 14.2 Å². The van der Waals surface area contributed by atoms with Gasteiger partial charge in [0.25, 0.3) is 10.0 Å². The molecule has 34 heavy (non-hydrogen) atoms. The van der Waals surface area contributed by atoms with Gasteiger partial charge in [-0.3, -0.25) is 4.72 Å². The van der Waals surface area contributed by atoms with Crippen molar-refractivity contribution >= 4 is 21.5 Å². The molecule has 0 spiro atoms. The fourth-order valence-corrected chi connectivity index (χ4v) is 4.80. The van der Waals surface area contributed by atoms with Crippen LogP contribution in [0.5, 0.6) is 11.5 Å². The molecule has 3 aromatic rings. The molecule has 10 heteroatoms. The van der Waals surface area contributed by atoms with Crippen LogP contribution in [-0.2, 0) is 14.8 Å². The zero-order chi connectivity index (χ0) is 24.0. The van der Waals surface area contributed by atoms with Gasteiger partial charge >= 0.3 is 0 Å². The summed E-state index contributed by atoms with van der Waals surface area (Å²) < 4.78 is 45.4. The molecule has 9 nitrogen and oxygen atoms in total. The minimum absolute atomic E-state index is 0.0397. The molecule has 1 aliphatic rings. The third-order valence-corrected chi connectivity index (χ3v) is 6.63. The molecule has 1 aliphatic heterocycles. The molecule has 1 fully saturated rings. The molecule has 180 valence electrons. The Hall–Kier alpha value is -3.37. The van der Waals surface area contributed by atoms with Crippen LogP contribution in [0.25, 0.3) is 11.3 Å². The van der Waals surface area contributed by atoms with Gasteiger partial charge in [0, 0.05) is 30.4 Å². The Labute approximate surface area is 199 Å². The average Bonchev–Trinajstić information content (AvgIpc) is 2.85. The molecule has 1 N–H and O–H groups in total. The lowest BCUT2D eigenvalue weighted by molar-refractivity contribution is 0.122. The third-order valence-electron chi connectivity index (χ3n) is 5.21. The normalized spacial score (nSPS) is 14.0. The highest BCUT2D eigenvalue weighted by Crippen LogP contribution is 2.31. The number of ether oxygens (including phenoxy) is 3. The molecule has 0 saturated carbocycles. The van der Waals surface area contributed by atoms with E-state index in [1.165, 1.54) is 6.07 Å². The first-order valence-corrected chi connectivity index (χ1v) is 12.7. The van der Waals surface area contributed by atoms with Gasteiger partial charge in [-0.2, -0.15) is 0 Å². The Bertz CT molecular complexity index is 1210. The lowest BCUT2D eigenvalue weighted by Gasteiger charge is -2.27. The van der Waals surface area contributed by atoms with Crippen LogP contribution in [0.4, 0.5) is 11.5 Å². The maximum Gasteiger partial charge on any atom is 0.265 e. The summed E-state index contributed by atoms with van der Waals surface area (Å²) in [4.78, 5) is 2.16. The molecule has 2 aromatic carbocycles. The summed E-state index contributed by atoms with van der Waals surface area (Å²) in [6.45, 7) is 7.36. The number of hydrogen-bond acceptors (Lipinski definition) is 8. The molecule has 1 aromatic heterocycles. The van der Waals surface area contributed by atoms with Crippen LogP contribution in [0, 0.1) is 0 Å². The third kappa shape index (κ3) is 5.57. The number of rotatable bonds is 9. The van der Waals surface area contributed by atoms with Gasteiger partial charge in [0.15, 0.2) is 5.82 Å². The van der Waals surface area contributed by atoms with E-state index >= 15 is 0 Å². The molecule has 4 rings (SSSR count). The smallest absolute Gasteiger partial charge is 0.265 e. The molecule has 0 radical (unpaired) electrons. The van der Waals surface area contributed by atoms with Gasteiger partial charge in [0.1, 0.15) is 16.4 Å². The van der Waals surface area contributed by atoms with E-state index < -0.39 is 10.0 Å². The van der Waals surface area contributed by atoms with Gasteiger partial charge in [0.2, 0.25) is 0 Å². The van der Waals surface area contributed by atoms with Crippen LogP contribution in [0.2, 0.25) is 0 Å². The SMILES string of the molecule is CCOc1ccc(S(=O)(=O)Nc2cccc(-c3ccc(N4CCOCC4)nn3)c2)c(OCC)c1. The van der Waals surface area contributed by atoms with E-state index in [1.54, 1.807) is 37.3 Å². The van der Waals surface area contributed by atoms with Crippen LogP contribution in [-0.4, -0.2) is 58.1 Å². The standard InChI is InChI=1S/C24H28N4O5S/c1-3-32-20-8-10-23(22(17-20)33-4-2)34(29,30)27-19-7-5-6-18(16-19)21-9-11-24(26-25-21)28-12-14-31-15-13-28/h5-11,16-17,27H,3-4,12-15H2,1-2H3. The second kappa shape index (κ2) is 10.7. The second-order valence-corrected chi connectivity index (χ2v) is 9.19. The average molecular weight is 485 g/mol. The largest absolute Gasteiger partial charge is 0.494 e. The highest BCUT2D eigenvalue weighted by Gasteiger charge is 2.21. The van der Waals surface area contributed by atoms with Gasteiger partial charge < -0.3 is 19.1 Å². The quantitative estimate of drug-likeness (QED) is 0.492. The molecular formula is C24H28N4O5S. The van der Waals surface area contributed by atoms with Crippen LogP contribution >= 0.6 is 0 Å². The molecule has 2 heterocycles. The number of benzene rings is 2. The molecular weight excluding hydrogens is 456 g/mol. The number of nitrogens with one attached hydrogen (secondary N) is 1. The van der Waals surface area contributed by atoms with Crippen molar-refractivity contribution < 1.29 is 22.6 Å². The van der Waals surface area contributed by atoms with Crippen LogP contribution in [0.3, 0.4) is 0 Å². The van der Waals surface area contributed by atoms with Crippen molar-refractivity contribution in [3.8, 4) is 22.8 Å². The summed E-state index contributed by atoms with van der Waals surface area (Å²) in [5.74, 6) is 1.58. The molecule has 0 atom stereocenters. The number of hydrogen-bond donors (Lipinski definition) is 1. The fraction of sp³-hybridized carbons (Fsp3) is 0.333. The first-order chi connectivity index (χ1) is 16.5. The number of sulfonamides is 1. The van der Waals surface area contributed by atoms with Gasteiger partial charge in [-0.1, -0.05) is 12.1 Å². The maximum atomic E-state index is 13.2. The lowest BCUT2D eigenvalue weighted by Crippen LogP contribution is -2.36. The van der Waals surface area contributed by atoms with E-state index in [0.29, 0.717) is 43.6 Å². The number of morpholine rings is 1. The van der Waals surface area contributed by atoms with Crippen molar-refractivity contribution in [3.63, 3.8) is 0 Å². The van der Waals surface area contributed by atoms with E-state index in [2.05, 4.69) is 19.8 Å². The summed E-state index contributed by atoms with van der Waals surface area (Å²) in [7, 11) is -3.90. The van der Waals surface area contributed by atoms with E-state index in [9.17, 15) is 8.42 Å². The van der Waals surface area contributed by atoms with Crippen LogP contribution < -0.4 is 19.1 Å². The summed E-state index contributed by atoms with van der Waals surface area (Å²) in [6.07, 6.45) is 0. The number of nitrogens with zero attached hydrogens (tertiary/aromatic N) is 3. The van der Waals surface area contributed by atoms with Crippen LogP contribution in [0.15, 0.2) is 59.5 Å². The monoisotopic (exact) mass is 484 g/mol. The van der Waals surface area contributed by atoms with E-state index in [0.717, 1.165) is 24.5 Å². The number of anilines is 2. The maximum absolute atomic E-state index is 13.2. The van der Waals surface area contributed by atoms with Crippen molar-refractivity contribution in [2.24, 2.45) is 0 Å². The summed E-state index contributed by atoms with van der Waals surface area (Å²) in [5.41, 5.74) is 1.81. The Kier molecular flexibility index (Phi) is 7.49. The number of aromatic nitrogens is 2. The van der Waals surface area contributed by atoms with Gasteiger partial charge in [-0.15, -0.1) is 10.2 Å². The van der Waals surface area contributed by atoms with Crippen LogP contribution in [0.1, 0.15) is 13.8 Å². The van der Waals surface area contributed by atoms with Crippen molar-refractivity contribution in [1.29, 1.82) is 0 Å². The highest BCUT2D eigenvalue weighted by molar-refractivity contribution is 7.92. The Morgan fingerprint density at radius 1 is 0.971 bits per heavy atom. The molecule has 0 amide bonds. The Morgan fingerprint density at radius 3 is 2.47 bits per heavy atom. The minimum Gasteiger partial charge on any atom is -0.494 e. The first kappa shape index (κ1) is 23.8. The van der Waals surface area contributed by atoms with Gasteiger partial charge in [0.05, 0.1) is 32.1 Å². The van der Waals surface area contributed by atoms with Crippen molar-refractivity contribution in [2.45, 2.75) is 18.7 Å². The summed E-state index contributed by atoms with van der Waals surface area (Å²) in [6, 6.07) is 15.5. The second-order valence-electron chi connectivity index (χ2n) is 7.54. The molecule has 1 saturated heterocycles. The highest BCUT2D eigenvalue weighted by atomic mass is 32.2. The fourth-order valence-electron chi connectivity index (χ4n) is 3.63. The molecule has 0 bridgehead atoms. The van der Waals surface area contributed by atoms with Gasteiger partial charge in [-0.25, -0.2) is 8.42 Å². The zero-order valence-corrected chi connectivity index (χ0v) is 20.0. The topological polar surface area (TPSA) is 103 Å². The van der Waals surface area contributed by atoms with Crippen molar-refractivity contribution in [1.82, 2.24) is 10.2 Å². The minimum atomic E-state index is -3.90. The lowest BCUT2D eigenvalue weighted by atomic mass is 10.1. The van der Waals surface area contributed by atoms with Crippen molar-refractivity contribution in [2.75, 3.05) is 49.1 Å². The van der Waals surface area contributed by atoms with Crippen molar-refractivity contribution in [3.05, 3.63) is 54.6 Å².